The summed E-state index contributed by atoms with van der Waals surface area (Å²) in [6.45, 7) is 0.0591. The number of anilines is 1. The van der Waals surface area contributed by atoms with Gasteiger partial charge in [-0.05, 0) is 18.2 Å². The quantitative estimate of drug-likeness (QED) is 0.766. The molecular weight excluding hydrogens is 227 g/mol. The van der Waals surface area contributed by atoms with Crippen LogP contribution in [0.15, 0.2) is 29.1 Å². The van der Waals surface area contributed by atoms with E-state index in [2.05, 4.69) is 20.0 Å². The number of hydrogen-bond donors (Lipinski definition) is 2. The van der Waals surface area contributed by atoms with E-state index in [1.54, 1.807) is 0 Å². The first-order chi connectivity index (χ1) is 8.16. The molecule has 3 N–H and O–H groups in total. The standard InChI is InChI=1S/C10H9FN4O2/c11-8-2-1-6(12)3-7(8)10(16)13-4-9-14-5-17-15-9/h1-3,5H,4,12H2,(H,13,16). The van der Waals surface area contributed by atoms with Crippen molar-refractivity contribution in [3.8, 4) is 0 Å². The second-order valence-corrected chi connectivity index (χ2v) is 3.27. The minimum atomic E-state index is -0.634. The van der Waals surface area contributed by atoms with Crippen LogP contribution in [-0.4, -0.2) is 16.0 Å². The third-order valence-electron chi connectivity index (χ3n) is 2.05. The maximum Gasteiger partial charge on any atom is 0.254 e. The highest BCUT2D eigenvalue weighted by molar-refractivity contribution is 5.95. The van der Waals surface area contributed by atoms with Gasteiger partial charge in [-0.2, -0.15) is 4.98 Å². The molecule has 1 amide bonds. The largest absolute Gasteiger partial charge is 0.399 e. The Morgan fingerprint density at radius 2 is 2.35 bits per heavy atom. The molecule has 2 rings (SSSR count). The van der Waals surface area contributed by atoms with Gasteiger partial charge in [0.25, 0.3) is 5.91 Å². The monoisotopic (exact) mass is 236 g/mol. The maximum absolute atomic E-state index is 13.3. The zero-order valence-corrected chi connectivity index (χ0v) is 8.68. The van der Waals surface area contributed by atoms with Gasteiger partial charge in [0.1, 0.15) is 5.82 Å². The smallest absolute Gasteiger partial charge is 0.254 e. The number of nitrogens with one attached hydrogen (secondary N) is 1. The first-order valence-electron chi connectivity index (χ1n) is 4.75. The minimum Gasteiger partial charge on any atom is -0.399 e. The van der Waals surface area contributed by atoms with Crippen LogP contribution in [0, 0.1) is 5.82 Å². The summed E-state index contributed by atoms with van der Waals surface area (Å²) in [7, 11) is 0. The molecule has 1 heterocycles. The summed E-state index contributed by atoms with van der Waals surface area (Å²) in [5, 5.41) is 5.95. The Balaban J connectivity index is 2.07. The maximum atomic E-state index is 13.3. The molecule has 0 unspecified atom stereocenters. The van der Waals surface area contributed by atoms with Crippen LogP contribution in [0.3, 0.4) is 0 Å². The molecule has 2 aromatic rings. The summed E-state index contributed by atoms with van der Waals surface area (Å²) in [5.41, 5.74) is 5.67. The predicted octanol–water partition coefficient (Wildman–Crippen LogP) is 0.721. The molecular formula is C10H9FN4O2. The Hall–Kier alpha value is -2.44. The van der Waals surface area contributed by atoms with Gasteiger partial charge in [0.2, 0.25) is 6.39 Å². The first-order valence-corrected chi connectivity index (χ1v) is 4.75. The van der Waals surface area contributed by atoms with Crippen molar-refractivity contribution in [2.75, 3.05) is 5.73 Å². The van der Waals surface area contributed by atoms with Gasteiger partial charge in [0.05, 0.1) is 12.1 Å². The number of rotatable bonds is 3. The Morgan fingerprint density at radius 3 is 3.06 bits per heavy atom. The lowest BCUT2D eigenvalue weighted by Crippen LogP contribution is -2.24. The third kappa shape index (κ3) is 2.57. The number of benzene rings is 1. The molecule has 6 nitrogen and oxygen atoms in total. The molecule has 0 atom stereocenters. The number of nitrogens with zero attached hydrogens (tertiary/aromatic N) is 2. The summed E-state index contributed by atoms with van der Waals surface area (Å²) in [6.07, 6.45) is 1.14. The van der Waals surface area contributed by atoms with Crippen molar-refractivity contribution in [3.05, 3.63) is 41.8 Å². The molecule has 0 bridgehead atoms. The van der Waals surface area contributed by atoms with Gasteiger partial charge in [-0.1, -0.05) is 5.16 Å². The minimum absolute atomic E-state index is 0.0591. The van der Waals surface area contributed by atoms with Gasteiger partial charge in [-0.3, -0.25) is 4.79 Å². The fourth-order valence-corrected chi connectivity index (χ4v) is 1.24. The van der Waals surface area contributed by atoms with Gasteiger partial charge in [0, 0.05) is 5.69 Å². The molecule has 88 valence electrons. The Kier molecular flexibility index (Phi) is 2.99. The van der Waals surface area contributed by atoms with E-state index in [4.69, 9.17) is 5.73 Å². The highest BCUT2D eigenvalue weighted by atomic mass is 19.1. The average molecular weight is 236 g/mol. The summed E-state index contributed by atoms with van der Waals surface area (Å²) in [4.78, 5) is 15.3. The molecule has 1 aromatic heterocycles. The number of nitrogens with two attached hydrogens (primary N) is 1. The normalized spacial score (nSPS) is 10.2. The van der Waals surface area contributed by atoms with Gasteiger partial charge in [-0.15, -0.1) is 0 Å². The van der Waals surface area contributed by atoms with Crippen molar-refractivity contribution >= 4 is 11.6 Å². The van der Waals surface area contributed by atoms with E-state index in [9.17, 15) is 9.18 Å². The van der Waals surface area contributed by atoms with Crippen LogP contribution < -0.4 is 11.1 Å². The average Bonchev–Trinajstić information content (AvgIpc) is 2.82. The van der Waals surface area contributed by atoms with Crippen LogP contribution in [0.25, 0.3) is 0 Å². The van der Waals surface area contributed by atoms with Crippen LogP contribution in [0.5, 0.6) is 0 Å². The molecule has 0 fully saturated rings. The Bertz CT molecular complexity index is 527. The number of nitrogen functional groups attached to an aromatic ring is 1. The molecule has 0 saturated carbocycles. The Morgan fingerprint density at radius 1 is 1.53 bits per heavy atom. The fourth-order valence-electron chi connectivity index (χ4n) is 1.24. The van der Waals surface area contributed by atoms with Crippen molar-refractivity contribution in [2.45, 2.75) is 6.54 Å². The number of halogens is 1. The van der Waals surface area contributed by atoms with Crippen molar-refractivity contribution < 1.29 is 13.7 Å². The first kappa shape index (κ1) is 11.1. The lowest BCUT2D eigenvalue weighted by atomic mass is 10.2. The van der Waals surface area contributed by atoms with E-state index in [1.807, 2.05) is 0 Å². The number of carbonyl (C=O) groups is 1. The highest BCUT2D eigenvalue weighted by Gasteiger charge is 2.12. The van der Waals surface area contributed by atoms with Gasteiger partial charge < -0.3 is 15.6 Å². The molecule has 0 saturated heterocycles. The third-order valence-corrected chi connectivity index (χ3v) is 2.05. The lowest BCUT2D eigenvalue weighted by Gasteiger charge is -2.04. The lowest BCUT2D eigenvalue weighted by molar-refractivity contribution is 0.0945. The number of carbonyl (C=O) groups excluding carboxylic acids is 1. The zero-order valence-electron chi connectivity index (χ0n) is 8.68. The summed E-state index contributed by atoms with van der Waals surface area (Å²) in [6, 6.07) is 3.78. The fraction of sp³-hybridized carbons (Fsp3) is 0.100. The molecule has 1 aromatic carbocycles. The van der Waals surface area contributed by atoms with Gasteiger partial charge in [-0.25, -0.2) is 4.39 Å². The van der Waals surface area contributed by atoms with E-state index in [0.717, 1.165) is 12.5 Å². The van der Waals surface area contributed by atoms with E-state index in [1.165, 1.54) is 12.1 Å². The van der Waals surface area contributed by atoms with E-state index < -0.39 is 11.7 Å². The van der Waals surface area contributed by atoms with Crippen molar-refractivity contribution in [2.24, 2.45) is 0 Å². The summed E-state index contributed by atoms with van der Waals surface area (Å²) >= 11 is 0. The summed E-state index contributed by atoms with van der Waals surface area (Å²) < 4.78 is 17.8. The summed E-state index contributed by atoms with van der Waals surface area (Å²) in [5.74, 6) is -0.910. The Labute approximate surface area is 95.6 Å². The predicted molar refractivity (Wildman–Crippen MR) is 56.3 cm³/mol. The second kappa shape index (κ2) is 4.60. The molecule has 0 aliphatic rings. The van der Waals surface area contributed by atoms with Crippen molar-refractivity contribution in [1.82, 2.24) is 15.5 Å². The van der Waals surface area contributed by atoms with Crippen molar-refractivity contribution in [3.63, 3.8) is 0 Å². The van der Waals surface area contributed by atoms with Gasteiger partial charge in [0.15, 0.2) is 5.82 Å². The van der Waals surface area contributed by atoms with Crippen LogP contribution in [0.1, 0.15) is 16.2 Å². The molecule has 7 heteroatoms. The van der Waals surface area contributed by atoms with Crippen LogP contribution >= 0.6 is 0 Å². The van der Waals surface area contributed by atoms with Crippen LogP contribution in [0.2, 0.25) is 0 Å². The number of hydrogen-bond acceptors (Lipinski definition) is 5. The molecule has 17 heavy (non-hydrogen) atoms. The number of amides is 1. The van der Waals surface area contributed by atoms with E-state index >= 15 is 0 Å². The SMILES string of the molecule is Nc1ccc(F)c(C(=O)NCc2ncon2)c1. The molecule has 0 radical (unpaired) electrons. The zero-order chi connectivity index (χ0) is 12.3. The molecule has 0 spiro atoms. The second-order valence-electron chi connectivity index (χ2n) is 3.27. The van der Waals surface area contributed by atoms with E-state index in [-0.39, 0.29) is 12.1 Å². The van der Waals surface area contributed by atoms with Crippen LogP contribution in [-0.2, 0) is 6.54 Å². The van der Waals surface area contributed by atoms with E-state index in [0.29, 0.717) is 11.5 Å². The topological polar surface area (TPSA) is 94.0 Å². The van der Waals surface area contributed by atoms with Crippen LogP contribution in [0.4, 0.5) is 10.1 Å². The van der Waals surface area contributed by atoms with Crippen molar-refractivity contribution in [1.29, 1.82) is 0 Å². The highest BCUT2D eigenvalue weighted by Crippen LogP contribution is 2.11. The molecule has 0 aliphatic carbocycles. The molecule has 0 aliphatic heterocycles. The number of aromatic nitrogens is 2. The van der Waals surface area contributed by atoms with Gasteiger partial charge >= 0.3 is 0 Å².